The molecule has 1 amide bonds. The standard InChI is InChI=1S/C13H19N3O3S.ClH/c14-13(8-2-1-3-9-13)12(17)16-10-4-6-11(7-5-10)20(15,18)19;/h4-7H,1-3,8-9,14H2,(H,16,17)(H2,15,18,19);1H. The first kappa shape index (κ1) is 17.9. The van der Waals surface area contributed by atoms with Crippen LogP contribution in [0.1, 0.15) is 32.1 Å². The highest BCUT2D eigenvalue weighted by molar-refractivity contribution is 7.89. The topological polar surface area (TPSA) is 115 Å². The van der Waals surface area contributed by atoms with Gasteiger partial charge in [0.1, 0.15) is 0 Å². The van der Waals surface area contributed by atoms with Gasteiger partial charge < -0.3 is 11.1 Å². The largest absolute Gasteiger partial charge is 0.324 e. The van der Waals surface area contributed by atoms with Gasteiger partial charge in [-0.3, -0.25) is 4.79 Å². The number of carbonyl (C=O) groups is 1. The molecule has 0 heterocycles. The van der Waals surface area contributed by atoms with Gasteiger partial charge in [0.15, 0.2) is 0 Å². The molecule has 1 aromatic rings. The molecule has 6 nitrogen and oxygen atoms in total. The van der Waals surface area contributed by atoms with E-state index in [-0.39, 0.29) is 23.2 Å². The molecule has 1 aliphatic rings. The Bertz CT molecular complexity index is 596. The third kappa shape index (κ3) is 4.41. The Labute approximate surface area is 130 Å². The summed E-state index contributed by atoms with van der Waals surface area (Å²) < 4.78 is 22.3. The van der Waals surface area contributed by atoms with Crippen LogP contribution in [0.3, 0.4) is 0 Å². The molecule has 0 bridgehead atoms. The molecule has 0 saturated heterocycles. The summed E-state index contributed by atoms with van der Waals surface area (Å²) in [6, 6.07) is 5.72. The first-order valence-electron chi connectivity index (χ1n) is 6.54. The van der Waals surface area contributed by atoms with Crippen LogP contribution in [0.15, 0.2) is 29.2 Å². The lowest BCUT2D eigenvalue weighted by atomic mass is 9.82. The van der Waals surface area contributed by atoms with Gasteiger partial charge in [-0.25, -0.2) is 13.6 Å². The van der Waals surface area contributed by atoms with E-state index in [4.69, 9.17) is 10.9 Å². The molecule has 0 radical (unpaired) electrons. The normalized spacial score (nSPS) is 17.6. The van der Waals surface area contributed by atoms with Crippen molar-refractivity contribution in [2.24, 2.45) is 10.9 Å². The average Bonchev–Trinajstić information content (AvgIpc) is 2.39. The quantitative estimate of drug-likeness (QED) is 0.774. The van der Waals surface area contributed by atoms with Gasteiger partial charge in [-0.2, -0.15) is 0 Å². The predicted octanol–water partition coefficient (Wildman–Crippen LogP) is 1.36. The van der Waals surface area contributed by atoms with Gasteiger partial charge in [0, 0.05) is 5.69 Å². The van der Waals surface area contributed by atoms with E-state index in [1.165, 1.54) is 24.3 Å². The summed E-state index contributed by atoms with van der Waals surface area (Å²) in [7, 11) is -3.72. The Morgan fingerprint density at radius 3 is 2.10 bits per heavy atom. The molecule has 0 aliphatic heterocycles. The third-order valence-corrected chi connectivity index (χ3v) is 4.57. The van der Waals surface area contributed by atoms with Gasteiger partial charge in [0.05, 0.1) is 10.4 Å². The Kier molecular flexibility index (Phi) is 5.75. The first-order chi connectivity index (χ1) is 9.31. The van der Waals surface area contributed by atoms with Crippen molar-refractivity contribution in [2.45, 2.75) is 42.5 Å². The van der Waals surface area contributed by atoms with Crippen molar-refractivity contribution in [2.75, 3.05) is 5.32 Å². The zero-order valence-corrected chi connectivity index (χ0v) is 13.2. The van der Waals surface area contributed by atoms with Gasteiger partial charge >= 0.3 is 0 Å². The van der Waals surface area contributed by atoms with E-state index in [0.29, 0.717) is 18.5 Å². The highest BCUT2D eigenvalue weighted by atomic mass is 35.5. The van der Waals surface area contributed by atoms with Crippen molar-refractivity contribution in [1.82, 2.24) is 0 Å². The number of anilines is 1. The Morgan fingerprint density at radius 1 is 1.10 bits per heavy atom. The molecular formula is C13H20ClN3O3S. The van der Waals surface area contributed by atoms with Gasteiger partial charge in [-0.05, 0) is 37.1 Å². The minimum Gasteiger partial charge on any atom is -0.324 e. The molecule has 1 fully saturated rings. The predicted molar refractivity (Wildman–Crippen MR) is 83.7 cm³/mol. The summed E-state index contributed by atoms with van der Waals surface area (Å²) in [5.74, 6) is -0.222. The molecule has 5 N–H and O–H groups in total. The van der Waals surface area contributed by atoms with Crippen LogP contribution in [0.25, 0.3) is 0 Å². The average molecular weight is 334 g/mol. The highest BCUT2D eigenvalue weighted by Gasteiger charge is 2.35. The van der Waals surface area contributed by atoms with Crippen molar-refractivity contribution in [3.05, 3.63) is 24.3 Å². The number of sulfonamides is 1. The Balaban J connectivity index is 0.00000220. The maximum atomic E-state index is 12.2. The molecule has 0 aromatic heterocycles. The fourth-order valence-electron chi connectivity index (χ4n) is 2.39. The van der Waals surface area contributed by atoms with Crippen LogP contribution in [-0.2, 0) is 14.8 Å². The molecule has 0 unspecified atom stereocenters. The van der Waals surface area contributed by atoms with E-state index < -0.39 is 15.6 Å². The SMILES string of the molecule is Cl.NC1(C(=O)Nc2ccc(S(N)(=O)=O)cc2)CCCCC1. The van der Waals surface area contributed by atoms with Crippen LogP contribution in [0, 0.1) is 0 Å². The molecule has 1 saturated carbocycles. The number of primary sulfonamides is 1. The molecule has 118 valence electrons. The minimum absolute atomic E-state index is 0. The zero-order chi connectivity index (χ0) is 14.8. The molecule has 8 heteroatoms. The first-order valence-corrected chi connectivity index (χ1v) is 8.09. The number of carbonyl (C=O) groups excluding carboxylic acids is 1. The van der Waals surface area contributed by atoms with Crippen molar-refractivity contribution in [3.8, 4) is 0 Å². The van der Waals surface area contributed by atoms with E-state index in [1.807, 2.05) is 0 Å². The summed E-state index contributed by atoms with van der Waals surface area (Å²) in [6.07, 6.45) is 4.36. The van der Waals surface area contributed by atoms with Crippen LogP contribution in [-0.4, -0.2) is 19.9 Å². The Morgan fingerprint density at radius 2 is 1.62 bits per heavy atom. The van der Waals surface area contributed by atoms with Crippen molar-refractivity contribution in [1.29, 1.82) is 0 Å². The number of rotatable bonds is 3. The fraction of sp³-hybridized carbons (Fsp3) is 0.462. The lowest BCUT2D eigenvalue weighted by Crippen LogP contribution is -2.52. The number of halogens is 1. The fourth-order valence-corrected chi connectivity index (χ4v) is 2.91. The molecular weight excluding hydrogens is 314 g/mol. The lowest BCUT2D eigenvalue weighted by Gasteiger charge is -2.31. The molecule has 1 aromatic carbocycles. The smallest absolute Gasteiger partial charge is 0.244 e. The summed E-state index contributed by atoms with van der Waals surface area (Å²) in [6.45, 7) is 0. The number of hydrogen-bond acceptors (Lipinski definition) is 4. The highest BCUT2D eigenvalue weighted by Crippen LogP contribution is 2.27. The maximum absolute atomic E-state index is 12.2. The van der Waals surface area contributed by atoms with E-state index in [0.717, 1.165) is 19.3 Å². The van der Waals surface area contributed by atoms with Crippen LogP contribution >= 0.6 is 12.4 Å². The lowest BCUT2D eigenvalue weighted by molar-refractivity contribution is -0.122. The molecule has 1 aliphatic carbocycles. The maximum Gasteiger partial charge on any atom is 0.244 e. The van der Waals surface area contributed by atoms with Crippen LogP contribution in [0.2, 0.25) is 0 Å². The number of nitrogens with two attached hydrogens (primary N) is 2. The number of nitrogens with one attached hydrogen (secondary N) is 1. The third-order valence-electron chi connectivity index (χ3n) is 3.64. The summed E-state index contributed by atoms with van der Waals surface area (Å²) in [5, 5.41) is 7.74. The molecule has 0 atom stereocenters. The van der Waals surface area contributed by atoms with E-state index >= 15 is 0 Å². The van der Waals surface area contributed by atoms with Gasteiger partial charge in [-0.1, -0.05) is 19.3 Å². The van der Waals surface area contributed by atoms with E-state index in [1.54, 1.807) is 0 Å². The monoisotopic (exact) mass is 333 g/mol. The van der Waals surface area contributed by atoms with Crippen LogP contribution in [0.4, 0.5) is 5.69 Å². The zero-order valence-electron chi connectivity index (χ0n) is 11.5. The second-order valence-corrected chi connectivity index (χ2v) is 6.80. The second kappa shape index (κ2) is 6.74. The van der Waals surface area contributed by atoms with Crippen molar-refractivity contribution in [3.63, 3.8) is 0 Å². The van der Waals surface area contributed by atoms with Gasteiger partial charge in [0.2, 0.25) is 15.9 Å². The Hall–Kier alpha value is -1.15. The summed E-state index contributed by atoms with van der Waals surface area (Å²) in [4.78, 5) is 12.2. The van der Waals surface area contributed by atoms with Crippen LogP contribution < -0.4 is 16.2 Å². The van der Waals surface area contributed by atoms with Crippen molar-refractivity contribution < 1.29 is 13.2 Å². The van der Waals surface area contributed by atoms with Crippen LogP contribution in [0.5, 0.6) is 0 Å². The second-order valence-electron chi connectivity index (χ2n) is 5.24. The molecule has 2 rings (SSSR count). The number of amides is 1. The minimum atomic E-state index is -3.72. The van der Waals surface area contributed by atoms with Gasteiger partial charge in [0.25, 0.3) is 0 Å². The number of hydrogen-bond donors (Lipinski definition) is 3. The summed E-state index contributed by atoms with van der Waals surface area (Å²) >= 11 is 0. The van der Waals surface area contributed by atoms with E-state index in [2.05, 4.69) is 5.32 Å². The number of benzene rings is 1. The summed E-state index contributed by atoms with van der Waals surface area (Å²) in [5.41, 5.74) is 5.81. The molecule has 0 spiro atoms. The van der Waals surface area contributed by atoms with E-state index in [9.17, 15) is 13.2 Å². The molecule has 21 heavy (non-hydrogen) atoms. The van der Waals surface area contributed by atoms with Gasteiger partial charge in [-0.15, -0.1) is 12.4 Å². The van der Waals surface area contributed by atoms with Crippen molar-refractivity contribution >= 4 is 34.0 Å².